The molecule has 0 N–H and O–H groups in total. The molecule has 0 amide bonds. The summed E-state index contributed by atoms with van der Waals surface area (Å²) in [5.41, 5.74) is 1.76. The molecule has 0 spiro atoms. The van der Waals surface area contributed by atoms with E-state index in [9.17, 15) is 4.79 Å². The summed E-state index contributed by atoms with van der Waals surface area (Å²) in [6.07, 6.45) is 3.84. The van der Waals surface area contributed by atoms with Crippen molar-refractivity contribution in [1.29, 1.82) is 0 Å². The normalized spacial score (nSPS) is 14.0. The number of benzene rings is 2. The summed E-state index contributed by atoms with van der Waals surface area (Å²) >= 11 is 0. The Hall–Kier alpha value is -3.61. The smallest absolute Gasteiger partial charge is 0.310 e. The molecular weight excluding hydrogens is 448 g/mol. The second-order valence-corrected chi connectivity index (χ2v) is 9.14. The van der Waals surface area contributed by atoms with Crippen LogP contribution >= 0.6 is 0 Å². The minimum atomic E-state index is -0.660. The Morgan fingerprint density at radius 2 is 1.60 bits per heavy atom. The van der Waals surface area contributed by atoms with E-state index >= 15 is 0 Å². The van der Waals surface area contributed by atoms with Gasteiger partial charge in [0, 0.05) is 5.92 Å². The molecule has 0 aliphatic carbocycles. The standard InChI is InChI=1S/C28H34O7/c1-9-11-19(27(29)35-28(3,4)5)25(18-13-23(30-6)26(32-8)24(14-18)31-7)20-15-22-21(33-16-34-22)12-17(20)10-2/h9-10,12-15,19,25H,1-2,11,16H2,3-8H3/t19-,25+/m0/s1. The fraction of sp³-hybridized carbons (Fsp3) is 0.393. The van der Waals surface area contributed by atoms with Gasteiger partial charge in [-0.3, -0.25) is 4.79 Å². The first-order chi connectivity index (χ1) is 16.7. The number of ether oxygens (including phenoxy) is 6. The fourth-order valence-electron chi connectivity index (χ4n) is 4.25. The molecule has 0 fully saturated rings. The summed E-state index contributed by atoms with van der Waals surface area (Å²) in [6.45, 7) is 13.6. The average molecular weight is 483 g/mol. The van der Waals surface area contributed by atoms with E-state index in [1.165, 1.54) is 0 Å². The van der Waals surface area contributed by atoms with Crippen LogP contribution in [0.4, 0.5) is 0 Å². The van der Waals surface area contributed by atoms with Crippen LogP contribution in [0.15, 0.2) is 43.5 Å². The molecule has 1 aliphatic rings. The maximum Gasteiger partial charge on any atom is 0.310 e. The first kappa shape index (κ1) is 26.0. The second kappa shape index (κ2) is 10.8. The first-order valence-corrected chi connectivity index (χ1v) is 11.4. The van der Waals surface area contributed by atoms with Crippen molar-refractivity contribution in [1.82, 2.24) is 0 Å². The van der Waals surface area contributed by atoms with Crippen LogP contribution < -0.4 is 23.7 Å². The summed E-state index contributed by atoms with van der Waals surface area (Å²) in [7, 11) is 4.66. The van der Waals surface area contributed by atoms with Crippen LogP contribution in [0.3, 0.4) is 0 Å². The summed E-state index contributed by atoms with van der Waals surface area (Å²) < 4.78 is 33.8. The van der Waals surface area contributed by atoms with Gasteiger partial charge in [0.2, 0.25) is 12.5 Å². The highest BCUT2D eigenvalue weighted by Gasteiger charge is 2.36. The zero-order chi connectivity index (χ0) is 25.8. The molecule has 0 aromatic heterocycles. The maximum absolute atomic E-state index is 13.6. The summed E-state index contributed by atoms with van der Waals surface area (Å²) in [5, 5.41) is 0. The number of esters is 1. The van der Waals surface area contributed by atoms with Gasteiger partial charge in [-0.2, -0.15) is 0 Å². The van der Waals surface area contributed by atoms with Gasteiger partial charge in [0.05, 0.1) is 27.2 Å². The van der Waals surface area contributed by atoms with Gasteiger partial charge in [-0.1, -0.05) is 18.7 Å². The Morgan fingerprint density at radius 1 is 1.00 bits per heavy atom. The lowest BCUT2D eigenvalue weighted by atomic mass is 9.76. The van der Waals surface area contributed by atoms with Crippen LogP contribution in [-0.2, 0) is 9.53 Å². The van der Waals surface area contributed by atoms with E-state index in [-0.39, 0.29) is 12.8 Å². The highest BCUT2D eigenvalue weighted by atomic mass is 16.7. The highest BCUT2D eigenvalue weighted by molar-refractivity contribution is 5.77. The van der Waals surface area contributed by atoms with Crippen LogP contribution in [0.25, 0.3) is 6.08 Å². The van der Waals surface area contributed by atoms with Crippen LogP contribution in [-0.4, -0.2) is 39.7 Å². The number of carbonyl (C=O) groups is 1. The number of carbonyl (C=O) groups excluding carboxylic acids is 1. The van der Waals surface area contributed by atoms with E-state index in [0.29, 0.717) is 35.2 Å². The molecule has 1 aliphatic heterocycles. The van der Waals surface area contributed by atoms with E-state index in [4.69, 9.17) is 28.4 Å². The van der Waals surface area contributed by atoms with Gasteiger partial charge in [-0.05, 0) is 68.1 Å². The number of rotatable bonds is 10. The minimum Gasteiger partial charge on any atom is -0.493 e. The fourth-order valence-corrected chi connectivity index (χ4v) is 4.25. The van der Waals surface area contributed by atoms with Crippen molar-refractivity contribution >= 4 is 12.0 Å². The van der Waals surface area contributed by atoms with Gasteiger partial charge < -0.3 is 28.4 Å². The second-order valence-electron chi connectivity index (χ2n) is 9.14. The van der Waals surface area contributed by atoms with E-state index < -0.39 is 17.4 Å². The predicted molar refractivity (Wildman–Crippen MR) is 135 cm³/mol. The lowest BCUT2D eigenvalue weighted by Crippen LogP contribution is -2.32. The van der Waals surface area contributed by atoms with Crippen LogP contribution in [0, 0.1) is 5.92 Å². The SMILES string of the molecule is C=CC[C@H](C(=O)OC(C)(C)C)[C@@H](c1cc(OC)c(OC)c(OC)c1)c1cc2c(cc1C=C)OCO2. The molecule has 2 atom stereocenters. The molecule has 3 rings (SSSR count). The average Bonchev–Trinajstić information content (AvgIpc) is 3.28. The third-order valence-electron chi connectivity index (χ3n) is 5.71. The number of allylic oxidation sites excluding steroid dienone is 1. The van der Waals surface area contributed by atoms with Crippen molar-refractivity contribution in [3.63, 3.8) is 0 Å². The minimum absolute atomic E-state index is 0.131. The van der Waals surface area contributed by atoms with Crippen molar-refractivity contribution < 1.29 is 33.2 Å². The lowest BCUT2D eigenvalue weighted by molar-refractivity contribution is -0.160. The molecule has 2 aromatic carbocycles. The molecular formula is C28H34O7. The van der Waals surface area contributed by atoms with Crippen LogP contribution in [0.1, 0.15) is 49.8 Å². The summed E-state index contributed by atoms with van der Waals surface area (Å²) in [6, 6.07) is 7.47. The zero-order valence-corrected chi connectivity index (χ0v) is 21.3. The number of hydrogen-bond donors (Lipinski definition) is 0. The molecule has 0 radical (unpaired) electrons. The molecule has 0 saturated heterocycles. The number of hydrogen-bond acceptors (Lipinski definition) is 7. The zero-order valence-electron chi connectivity index (χ0n) is 21.3. The molecule has 1 heterocycles. The summed E-state index contributed by atoms with van der Waals surface area (Å²) in [5.74, 6) is 1.24. The van der Waals surface area contributed by atoms with Gasteiger partial charge in [0.15, 0.2) is 23.0 Å². The molecule has 0 unspecified atom stereocenters. The predicted octanol–water partition coefficient (Wildman–Crippen LogP) is 5.75. The van der Waals surface area contributed by atoms with Crippen molar-refractivity contribution in [2.45, 2.75) is 38.7 Å². The molecule has 7 nitrogen and oxygen atoms in total. The van der Waals surface area contributed by atoms with Crippen molar-refractivity contribution in [2.75, 3.05) is 28.1 Å². The molecule has 7 heteroatoms. The van der Waals surface area contributed by atoms with Crippen molar-refractivity contribution in [3.8, 4) is 28.7 Å². The number of fused-ring (bicyclic) bond motifs is 1. The lowest BCUT2D eigenvalue weighted by Gasteiger charge is -2.31. The van der Waals surface area contributed by atoms with Crippen LogP contribution in [0.5, 0.6) is 28.7 Å². The first-order valence-electron chi connectivity index (χ1n) is 11.4. The Labute approximate surface area is 207 Å². The highest BCUT2D eigenvalue weighted by Crippen LogP contribution is 2.47. The topological polar surface area (TPSA) is 72.5 Å². The van der Waals surface area contributed by atoms with Crippen LogP contribution in [0.2, 0.25) is 0 Å². The quantitative estimate of drug-likeness (QED) is 0.315. The van der Waals surface area contributed by atoms with E-state index in [2.05, 4.69) is 13.2 Å². The molecule has 0 bridgehead atoms. The number of methoxy groups -OCH3 is 3. The van der Waals surface area contributed by atoms with Gasteiger partial charge >= 0.3 is 5.97 Å². The molecule has 188 valence electrons. The van der Waals surface area contributed by atoms with Crippen molar-refractivity contribution in [2.24, 2.45) is 5.92 Å². The van der Waals surface area contributed by atoms with Gasteiger partial charge in [0.1, 0.15) is 5.60 Å². The Morgan fingerprint density at radius 3 is 2.09 bits per heavy atom. The molecule has 2 aromatic rings. The van der Waals surface area contributed by atoms with Gasteiger partial charge in [-0.15, -0.1) is 6.58 Å². The largest absolute Gasteiger partial charge is 0.493 e. The third-order valence-corrected chi connectivity index (χ3v) is 5.71. The monoisotopic (exact) mass is 482 g/mol. The van der Waals surface area contributed by atoms with Crippen molar-refractivity contribution in [3.05, 3.63) is 60.2 Å². The maximum atomic E-state index is 13.6. The van der Waals surface area contributed by atoms with Gasteiger partial charge in [-0.25, -0.2) is 0 Å². The summed E-state index contributed by atoms with van der Waals surface area (Å²) in [4.78, 5) is 13.6. The van der Waals surface area contributed by atoms with E-state index in [1.807, 2.05) is 45.0 Å². The third kappa shape index (κ3) is 5.56. The Kier molecular flexibility index (Phi) is 7.99. The van der Waals surface area contributed by atoms with E-state index in [0.717, 1.165) is 16.7 Å². The molecule has 35 heavy (non-hydrogen) atoms. The Bertz CT molecular complexity index is 1070. The Balaban J connectivity index is 2.31. The molecule has 0 saturated carbocycles. The van der Waals surface area contributed by atoms with E-state index in [1.54, 1.807) is 33.5 Å². The van der Waals surface area contributed by atoms with Gasteiger partial charge in [0.25, 0.3) is 0 Å².